The van der Waals surface area contributed by atoms with Gasteiger partial charge in [-0.1, -0.05) is 12.1 Å². The Balaban J connectivity index is 1.57. The van der Waals surface area contributed by atoms with Gasteiger partial charge < -0.3 is 14.5 Å². The number of nitrogens with zero attached hydrogens (tertiary/aromatic N) is 3. The van der Waals surface area contributed by atoms with Gasteiger partial charge >= 0.3 is 0 Å². The minimum Gasteiger partial charge on any atom is -0.493 e. The minimum atomic E-state index is -0.297. The van der Waals surface area contributed by atoms with Crippen LogP contribution >= 0.6 is 0 Å². The van der Waals surface area contributed by atoms with Crippen molar-refractivity contribution in [3.8, 4) is 5.75 Å². The van der Waals surface area contributed by atoms with E-state index in [1.165, 1.54) is 0 Å². The molecule has 8 nitrogen and oxygen atoms in total. The highest BCUT2D eigenvalue weighted by Gasteiger charge is 2.33. The fraction of sp³-hybridized carbons (Fsp3) is 0.474. The second kappa shape index (κ2) is 8.20. The summed E-state index contributed by atoms with van der Waals surface area (Å²) in [7, 11) is 0. The maximum absolute atomic E-state index is 12.8. The number of para-hydroxylation sites is 1. The maximum Gasteiger partial charge on any atom is 0.257 e. The smallest absolute Gasteiger partial charge is 0.257 e. The summed E-state index contributed by atoms with van der Waals surface area (Å²) in [5, 5.41) is 0. The molecule has 4 amide bonds. The first-order valence-corrected chi connectivity index (χ1v) is 9.13. The highest BCUT2D eigenvalue weighted by Crippen LogP contribution is 2.21. The molecule has 144 valence electrons. The van der Waals surface area contributed by atoms with Crippen molar-refractivity contribution in [1.82, 2.24) is 14.7 Å². The van der Waals surface area contributed by atoms with Gasteiger partial charge in [0.2, 0.25) is 17.7 Å². The van der Waals surface area contributed by atoms with Gasteiger partial charge in [-0.05, 0) is 19.1 Å². The molecule has 2 fully saturated rings. The molecule has 2 aliphatic heterocycles. The Morgan fingerprint density at radius 2 is 1.56 bits per heavy atom. The normalized spacial score (nSPS) is 17.4. The quantitative estimate of drug-likeness (QED) is 0.702. The third kappa shape index (κ3) is 4.10. The highest BCUT2D eigenvalue weighted by molar-refractivity contribution is 6.04. The molecule has 0 N–H and O–H groups in total. The molecule has 0 atom stereocenters. The SMILES string of the molecule is CCOc1ccccc1C(=O)N1CCN(C(=O)CN2C(=O)CCC2=O)CC1. The Kier molecular flexibility index (Phi) is 5.73. The molecule has 2 saturated heterocycles. The van der Waals surface area contributed by atoms with Crippen molar-refractivity contribution in [2.24, 2.45) is 0 Å². The lowest BCUT2D eigenvalue weighted by Gasteiger charge is -2.35. The van der Waals surface area contributed by atoms with E-state index in [0.29, 0.717) is 44.1 Å². The number of hydrogen-bond donors (Lipinski definition) is 0. The summed E-state index contributed by atoms with van der Waals surface area (Å²) in [5.41, 5.74) is 0.507. The zero-order valence-electron chi connectivity index (χ0n) is 15.3. The lowest BCUT2D eigenvalue weighted by atomic mass is 10.1. The number of likely N-dealkylation sites (tertiary alicyclic amines) is 1. The molecule has 0 aliphatic carbocycles. The number of benzene rings is 1. The molecule has 27 heavy (non-hydrogen) atoms. The number of rotatable bonds is 5. The summed E-state index contributed by atoms with van der Waals surface area (Å²) >= 11 is 0. The number of amides is 4. The van der Waals surface area contributed by atoms with Gasteiger partial charge in [0, 0.05) is 39.0 Å². The molecule has 2 heterocycles. The molecule has 1 aromatic rings. The zero-order chi connectivity index (χ0) is 19.4. The van der Waals surface area contributed by atoms with Gasteiger partial charge in [0.15, 0.2) is 0 Å². The van der Waals surface area contributed by atoms with E-state index in [2.05, 4.69) is 0 Å². The molecule has 0 saturated carbocycles. The second-order valence-electron chi connectivity index (χ2n) is 6.48. The van der Waals surface area contributed by atoms with Crippen molar-refractivity contribution in [2.45, 2.75) is 19.8 Å². The third-order valence-electron chi connectivity index (χ3n) is 4.79. The van der Waals surface area contributed by atoms with Crippen molar-refractivity contribution in [3.05, 3.63) is 29.8 Å². The highest BCUT2D eigenvalue weighted by atomic mass is 16.5. The number of ether oxygens (including phenoxy) is 1. The van der Waals surface area contributed by atoms with Crippen LogP contribution in [0.4, 0.5) is 0 Å². The van der Waals surface area contributed by atoms with E-state index in [9.17, 15) is 19.2 Å². The van der Waals surface area contributed by atoms with Crippen molar-refractivity contribution in [3.63, 3.8) is 0 Å². The van der Waals surface area contributed by atoms with E-state index < -0.39 is 0 Å². The maximum atomic E-state index is 12.8. The standard InChI is InChI=1S/C19H23N3O5/c1-2-27-15-6-4-3-5-14(15)19(26)21-11-9-20(10-12-21)18(25)13-22-16(23)7-8-17(22)24/h3-6H,2,7-13H2,1H3. The van der Waals surface area contributed by atoms with Crippen LogP contribution in [0.1, 0.15) is 30.1 Å². The molecule has 2 aliphatic rings. The summed E-state index contributed by atoms with van der Waals surface area (Å²) < 4.78 is 5.52. The average molecular weight is 373 g/mol. The van der Waals surface area contributed by atoms with Crippen LogP contribution in [0.3, 0.4) is 0 Å². The number of imide groups is 1. The Labute approximate surface area is 157 Å². The Bertz CT molecular complexity index is 739. The average Bonchev–Trinajstić information content (AvgIpc) is 3.00. The van der Waals surface area contributed by atoms with Crippen molar-refractivity contribution >= 4 is 23.6 Å². The minimum absolute atomic E-state index is 0.129. The Hall–Kier alpha value is -2.90. The van der Waals surface area contributed by atoms with Crippen molar-refractivity contribution in [1.29, 1.82) is 0 Å². The van der Waals surface area contributed by atoms with Gasteiger partial charge in [0.05, 0.1) is 12.2 Å². The topological polar surface area (TPSA) is 87.2 Å². The van der Waals surface area contributed by atoms with Crippen molar-refractivity contribution < 1.29 is 23.9 Å². The Morgan fingerprint density at radius 3 is 2.19 bits per heavy atom. The van der Waals surface area contributed by atoms with Gasteiger partial charge in [0.25, 0.3) is 5.91 Å². The lowest BCUT2D eigenvalue weighted by Crippen LogP contribution is -2.53. The van der Waals surface area contributed by atoms with E-state index in [0.717, 1.165) is 4.90 Å². The summed E-state index contributed by atoms with van der Waals surface area (Å²) in [5.74, 6) is -0.435. The van der Waals surface area contributed by atoms with Gasteiger partial charge in [-0.3, -0.25) is 24.1 Å². The molecule has 0 bridgehead atoms. The number of hydrogen-bond acceptors (Lipinski definition) is 5. The molecule has 0 radical (unpaired) electrons. The molecule has 0 spiro atoms. The molecule has 1 aromatic carbocycles. The fourth-order valence-electron chi connectivity index (χ4n) is 3.29. The van der Waals surface area contributed by atoms with Crippen LogP contribution in [0.5, 0.6) is 5.75 Å². The van der Waals surface area contributed by atoms with Crippen LogP contribution < -0.4 is 4.74 Å². The van der Waals surface area contributed by atoms with E-state index in [1.807, 2.05) is 13.0 Å². The van der Waals surface area contributed by atoms with E-state index >= 15 is 0 Å². The van der Waals surface area contributed by atoms with Crippen LogP contribution in [-0.4, -0.2) is 77.7 Å². The van der Waals surface area contributed by atoms with E-state index in [4.69, 9.17) is 4.74 Å². The van der Waals surface area contributed by atoms with Crippen LogP contribution in [0.2, 0.25) is 0 Å². The van der Waals surface area contributed by atoms with Crippen LogP contribution in [0.25, 0.3) is 0 Å². The first-order valence-electron chi connectivity index (χ1n) is 9.13. The third-order valence-corrected chi connectivity index (χ3v) is 4.79. The first kappa shape index (κ1) is 18.9. The molecular weight excluding hydrogens is 350 g/mol. The lowest BCUT2D eigenvalue weighted by molar-refractivity contribution is -0.146. The van der Waals surface area contributed by atoms with Crippen LogP contribution in [0, 0.1) is 0 Å². The van der Waals surface area contributed by atoms with Crippen LogP contribution in [0.15, 0.2) is 24.3 Å². The predicted molar refractivity (Wildman–Crippen MR) is 96.0 cm³/mol. The van der Waals surface area contributed by atoms with Gasteiger partial charge in [-0.2, -0.15) is 0 Å². The number of carbonyl (C=O) groups is 4. The molecular formula is C19H23N3O5. The largest absolute Gasteiger partial charge is 0.493 e. The van der Waals surface area contributed by atoms with Crippen LogP contribution in [-0.2, 0) is 14.4 Å². The van der Waals surface area contributed by atoms with E-state index in [-0.39, 0.29) is 43.0 Å². The predicted octanol–water partition coefficient (Wildman–Crippen LogP) is 0.519. The molecule has 0 aromatic heterocycles. The molecule has 8 heteroatoms. The fourth-order valence-corrected chi connectivity index (χ4v) is 3.29. The number of piperazine rings is 1. The number of carbonyl (C=O) groups excluding carboxylic acids is 4. The monoisotopic (exact) mass is 373 g/mol. The summed E-state index contributed by atoms with van der Waals surface area (Å²) in [4.78, 5) is 52.8. The van der Waals surface area contributed by atoms with Crippen molar-refractivity contribution in [2.75, 3.05) is 39.3 Å². The Morgan fingerprint density at radius 1 is 0.963 bits per heavy atom. The summed E-state index contributed by atoms with van der Waals surface area (Å²) in [6, 6.07) is 7.11. The summed E-state index contributed by atoms with van der Waals surface area (Å²) in [6.07, 6.45) is 0.348. The molecule has 0 unspecified atom stereocenters. The van der Waals surface area contributed by atoms with Gasteiger partial charge in [0.1, 0.15) is 12.3 Å². The van der Waals surface area contributed by atoms with Gasteiger partial charge in [-0.15, -0.1) is 0 Å². The summed E-state index contributed by atoms with van der Waals surface area (Å²) in [6.45, 7) is 3.66. The first-order chi connectivity index (χ1) is 13.0. The zero-order valence-corrected chi connectivity index (χ0v) is 15.3. The van der Waals surface area contributed by atoms with E-state index in [1.54, 1.807) is 28.0 Å². The second-order valence-corrected chi connectivity index (χ2v) is 6.48. The van der Waals surface area contributed by atoms with Gasteiger partial charge in [-0.25, -0.2) is 0 Å². The molecule has 3 rings (SSSR count).